The Bertz CT molecular complexity index is 810. The van der Waals surface area contributed by atoms with Crippen molar-refractivity contribution in [2.45, 2.75) is 32.1 Å². The van der Waals surface area contributed by atoms with E-state index in [1.54, 1.807) is 12.4 Å². The Hall–Kier alpha value is -2.49. The first-order valence-corrected chi connectivity index (χ1v) is 8.81. The molecule has 1 N–H and O–H groups in total. The number of aromatic nitrogens is 3. The van der Waals surface area contributed by atoms with E-state index in [4.69, 9.17) is 9.97 Å². The van der Waals surface area contributed by atoms with Gasteiger partial charge in [-0.25, -0.2) is 9.97 Å². The number of nitrogens with one attached hydrogen (secondary N) is 1. The van der Waals surface area contributed by atoms with Crippen LogP contribution in [0.4, 0.5) is 5.82 Å². The van der Waals surface area contributed by atoms with Gasteiger partial charge in [-0.15, -0.1) is 0 Å². The summed E-state index contributed by atoms with van der Waals surface area (Å²) < 4.78 is 0. The van der Waals surface area contributed by atoms with Crippen molar-refractivity contribution in [1.82, 2.24) is 15.0 Å². The van der Waals surface area contributed by atoms with E-state index in [2.05, 4.69) is 16.4 Å². The van der Waals surface area contributed by atoms with E-state index >= 15 is 0 Å². The van der Waals surface area contributed by atoms with Crippen LogP contribution in [-0.2, 0) is 0 Å². The van der Waals surface area contributed by atoms with Crippen molar-refractivity contribution in [3.05, 3.63) is 48.8 Å². The maximum Gasteiger partial charge on any atom is 0.162 e. The topological polar surface area (TPSA) is 50.7 Å². The molecular weight excluding hydrogens is 296 g/mol. The third kappa shape index (κ3) is 3.23. The van der Waals surface area contributed by atoms with Gasteiger partial charge in [0, 0.05) is 29.9 Å². The van der Waals surface area contributed by atoms with E-state index in [0.717, 1.165) is 40.6 Å². The second-order valence-electron chi connectivity index (χ2n) is 6.53. The number of hydrogen-bond donors (Lipinski definition) is 1. The van der Waals surface area contributed by atoms with E-state index in [0.29, 0.717) is 0 Å². The third-order valence-electron chi connectivity index (χ3n) is 4.82. The lowest BCUT2D eigenvalue weighted by molar-refractivity contribution is 0.373. The van der Waals surface area contributed by atoms with Gasteiger partial charge in [0.2, 0.25) is 0 Å². The van der Waals surface area contributed by atoms with Gasteiger partial charge in [0.05, 0.1) is 5.52 Å². The summed E-state index contributed by atoms with van der Waals surface area (Å²) in [7, 11) is 0. The molecule has 4 nitrogen and oxygen atoms in total. The fraction of sp³-hybridized carbons (Fsp3) is 0.350. The Balaban J connectivity index is 1.67. The predicted molar refractivity (Wildman–Crippen MR) is 97.8 cm³/mol. The summed E-state index contributed by atoms with van der Waals surface area (Å²) in [5.41, 5.74) is 1.97. The summed E-state index contributed by atoms with van der Waals surface area (Å²) >= 11 is 0. The second-order valence-corrected chi connectivity index (χ2v) is 6.53. The predicted octanol–water partition coefficient (Wildman–Crippen LogP) is 4.68. The maximum absolute atomic E-state index is 4.81. The fourth-order valence-electron chi connectivity index (χ4n) is 3.47. The summed E-state index contributed by atoms with van der Waals surface area (Å²) in [6.07, 6.45) is 10.3. The van der Waals surface area contributed by atoms with Crippen molar-refractivity contribution in [2.75, 3.05) is 11.9 Å². The molecule has 2 heterocycles. The van der Waals surface area contributed by atoms with Crippen molar-refractivity contribution >= 4 is 16.7 Å². The molecule has 4 heteroatoms. The number of anilines is 1. The van der Waals surface area contributed by atoms with Crippen molar-refractivity contribution in [3.8, 4) is 11.4 Å². The van der Waals surface area contributed by atoms with Crippen molar-refractivity contribution in [2.24, 2.45) is 5.92 Å². The molecule has 3 aromatic rings. The van der Waals surface area contributed by atoms with Crippen LogP contribution in [0.25, 0.3) is 22.3 Å². The molecule has 1 saturated carbocycles. The molecule has 24 heavy (non-hydrogen) atoms. The van der Waals surface area contributed by atoms with Crippen molar-refractivity contribution in [3.63, 3.8) is 0 Å². The molecule has 2 aromatic heterocycles. The van der Waals surface area contributed by atoms with Crippen LogP contribution in [0, 0.1) is 5.92 Å². The Morgan fingerprint density at radius 2 is 1.71 bits per heavy atom. The Kier molecular flexibility index (Phi) is 4.36. The van der Waals surface area contributed by atoms with Crippen LogP contribution < -0.4 is 5.32 Å². The van der Waals surface area contributed by atoms with E-state index in [9.17, 15) is 0 Å². The van der Waals surface area contributed by atoms with Gasteiger partial charge >= 0.3 is 0 Å². The van der Waals surface area contributed by atoms with Crippen LogP contribution in [0.15, 0.2) is 48.8 Å². The van der Waals surface area contributed by atoms with Crippen LogP contribution in [0.2, 0.25) is 0 Å². The zero-order valence-electron chi connectivity index (χ0n) is 13.8. The summed E-state index contributed by atoms with van der Waals surface area (Å²) in [4.78, 5) is 13.6. The summed E-state index contributed by atoms with van der Waals surface area (Å²) in [5, 5.41) is 4.69. The van der Waals surface area contributed by atoms with Gasteiger partial charge in [-0.1, -0.05) is 31.4 Å². The van der Waals surface area contributed by atoms with Crippen molar-refractivity contribution < 1.29 is 0 Å². The van der Waals surface area contributed by atoms with Crippen LogP contribution in [0.3, 0.4) is 0 Å². The van der Waals surface area contributed by atoms with Crippen LogP contribution in [0.1, 0.15) is 32.1 Å². The van der Waals surface area contributed by atoms with Gasteiger partial charge < -0.3 is 5.32 Å². The minimum absolute atomic E-state index is 0.752. The van der Waals surface area contributed by atoms with Gasteiger partial charge in [-0.05, 0) is 43.0 Å². The highest BCUT2D eigenvalue weighted by molar-refractivity contribution is 5.90. The normalized spacial score (nSPS) is 15.5. The molecule has 122 valence electrons. The smallest absolute Gasteiger partial charge is 0.162 e. The number of nitrogens with zero attached hydrogens (tertiary/aromatic N) is 3. The monoisotopic (exact) mass is 318 g/mol. The first-order chi connectivity index (χ1) is 11.9. The lowest BCUT2D eigenvalue weighted by atomic mass is 9.89. The van der Waals surface area contributed by atoms with E-state index in [1.165, 1.54) is 32.1 Å². The summed E-state index contributed by atoms with van der Waals surface area (Å²) in [5.74, 6) is 2.46. The average Bonchev–Trinajstić information content (AvgIpc) is 2.67. The van der Waals surface area contributed by atoms with Gasteiger partial charge in [0.1, 0.15) is 5.82 Å². The Labute approximate surface area is 142 Å². The Morgan fingerprint density at radius 3 is 2.54 bits per heavy atom. The minimum Gasteiger partial charge on any atom is -0.369 e. The lowest BCUT2D eigenvalue weighted by Crippen LogP contribution is -2.18. The van der Waals surface area contributed by atoms with Gasteiger partial charge in [-0.3, -0.25) is 4.98 Å². The molecule has 1 aliphatic rings. The molecule has 0 aliphatic heterocycles. The van der Waals surface area contributed by atoms with E-state index in [1.807, 2.05) is 30.3 Å². The lowest BCUT2D eigenvalue weighted by Gasteiger charge is -2.22. The first-order valence-electron chi connectivity index (χ1n) is 8.81. The second kappa shape index (κ2) is 6.95. The quantitative estimate of drug-likeness (QED) is 0.758. The highest BCUT2D eigenvalue weighted by Crippen LogP contribution is 2.27. The van der Waals surface area contributed by atoms with Crippen LogP contribution >= 0.6 is 0 Å². The van der Waals surface area contributed by atoms with Crippen LogP contribution in [0.5, 0.6) is 0 Å². The summed E-state index contributed by atoms with van der Waals surface area (Å²) in [6, 6.07) is 12.1. The molecule has 0 atom stereocenters. The SMILES string of the molecule is c1ccc2c(NCC3CCCCC3)nc(-c3ccncc3)nc2c1. The summed E-state index contributed by atoms with van der Waals surface area (Å²) in [6.45, 7) is 0.997. The third-order valence-corrected chi connectivity index (χ3v) is 4.82. The fourth-order valence-corrected chi connectivity index (χ4v) is 3.47. The van der Waals surface area contributed by atoms with Crippen molar-refractivity contribution in [1.29, 1.82) is 0 Å². The largest absolute Gasteiger partial charge is 0.369 e. The molecule has 1 aromatic carbocycles. The zero-order chi connectivity index (χ0) is 16.2. The highest BCUT2D eigenvalue weighted by atomic mass is 15.0. The molecule has 0 amide bonds. The standard InChI is InChI=1S/C20H22N4/c1-2-6-15(7-3-1)14-22-20-17-8-4-5-9-18(17)23-19(24-20)16-10-12-21-13-11-16/h4-5,8-13,15H,1-3,6-7,14H2,(H,22,23,24). The minimum atomic E-state index is 0.752. The molecular formula is C20H22N4. The molecule has 0 radical (unpaired) electrons. The number of pyridine rings is 1. The number of fused-ring (bicyclic) bond motifs is 1. The molecule has 0 saturated heterocycles. The molecule has 0 bridgehead atoms. The number of para-hydroxylation sites is 1. The molecule has 0 spiro atoms. The van der Waals surface area contributed by atoms with Gasteiger partial charge in [0.15, 0.2) is 5.82 Å². The molecule has 1 fully saturated rings. The number of hydrogen-bond acceptors (Lipinski definition) is 4. The average molecular weight is 318 g/mol. The number of rotatable bonds is 4. The molecule has 4 rings (SSSR count). The maximum atomic E-state index is 4.81. The van der Waals surface area contributed by atoms with Gasteiger partial charge in [0.25, 0.3) is 0 Å². The first kappa shape index (κ1) is 15.1. The van der Waals surface area contributed by atoms with Crippen LogP contribution in [-0.4, -0.2) is 21.5 Å². The molecule has 0 unspecified atom stereocenters. The molecule has 1 aliphatic carbocycles. The Morgan fingerprint density at radius 1 is 0.917 bits per heavy atom. The van der Waals surface area contributed by atoms with E-state index in [-0.39, 0.29) is 0 Å². The van der Waals surface area contributed by atoms with Gasteiger partial charge in [-0.2, -0.15) is 0 Å². The zero-order valence-corrected chi connectivity index (χ0v) is 13.8. The number of benzene rings is 1. The highest BCUT2D eigenvalue weighted by Gasteiger charge is 2.15. The van der Waals surface area contributed by atoms with E-state index < -0.39 is 0 Å².